The van der Waals surface area contributed by atoms with E-state index in [4.69, 9.17) is 22.3 Å². The van der Waals surface area contributed by atoms with Gasteiger partial charge in [-0.3, -0.25) is 4.98 Å². The first-order valence-electron chi connectivity index (χ1n) is 6.62. The van der Waals surface area contributed by atoms with Crippen LogP contribution in [0.3, 0.4) is 0 Å². The number of nitrogens with zero attached hydrogens (tertiary/aromatic N) is 3. The molecule has 5 nitrogen and oxygen atoms in total. The van der Waals surface area contributed by atoms with Crippen LogP contribution >= 0.6 is 22.3 Å². The molecular formula is C13H13Cl2N3O2S. The van der Waals surface area contributed by atoms with Gasteiger partial charge >= 0.3 is 0 Å². The molecule has 21 heavy (non-hydrogen) atoms. The van der Waals surface area contributed by atoms with Crippen molar-refractivity contribution in [2.24, 2.45) is 0 Å². The molecule has 0 aliphatic heterocycles. The van der Waals surface area contributed by atoms with Gasteiger partial charge in [0, 0.05) is 29.0 Å². The molecule has 0 amide bonds. The van der Waals surface area contributed by atoms with E-state index in [-0.39, 0.29) is 16.0 Å². The maximum Gasteiger partial charge on any atom is 0.266 e. The Labute approximate surface area is 132 Å². The second kappa shape index (κ2) is 5.59. The number of hydrogen-bond donors (Lipinski definition) is 0. The van der Waals surface area contributed by atoms with Crippen molar-refractivity contribution in [3.05, 3.63) is 35.4 Å². The molecule has 112 valence electrons. The highest BCUT2D eigenvalue weighted by Crippen LogP contribution is 2.40. The Balaban J connectivity index is 2.20. The molecule has 1 saturated carbocycles. The molecule has 0 unspecified atom stereocenters. The van der Waals surface area contributed by atoms with Crippen LogP contribution in [-0.4, -0.2) is 23.2 Å². The predicted octanol–water partition coefficient (Wildman–Crippen LogP) is 3.51. The standard InChI is InChI=1S/C13H13Cl2N3O2S/c14-13-12(21(15,19)20)11(9-3-1-2-4-9)17-18(13)10-5-7-16-8-6-10/h5-9H,1-4H2. The van der Waals surface area contributed by atoms with Crippen molar-refractivity contribution < 1.29 is 8.42 Å². The molecule has 0 bridgehead atoms. The normalized spacial score (nSPS) is 16.5. The van der Waals surface area contributed by atoms with Crippen molar-refractivity contribution in [3.8, 4) is 5.69 Å². The largest absolute Gasteiger partial charge is 0.266 e. The van der Waals surface area contributed by atoms with Gasteiger partial charge < -0.3 is 0 Å². The van der Waals surface area contributed by atoms with Crippen LogP contribution in [0.5, 0.6) is 0 Å². The molecule has 0 atom stereocenters. The summed E-state index contributed by atoms with van der Waals surface area (Å²) >= 11 is 6.24. The minimum Gasteiger partial charge on any atom is -0.265 e. The Morgan fingerprint density at radius 1 is 1.19 bits per heavy atom. The monoisotopic (exact) mass is 345 g/mol. The van der Waals surface area contributed by atoms with Gasteiger partial charge in [-0.1, -0.05) is 24.4 Å². The highest BCUT2D eigenvalue weighted by Gasteiger charge is 2.32. The van der Waals surface area contributed by atoms with Crippen molar-refractivity contribution in [2.45, 2.75) is 36.5 Å². The summed E-state index contributed by atoms with van der Waals surface area (Å²) in [5.74, 6) is 0.0918. The predicted molar refractivity (Wildman–Crippen MR) is 80.6 cm³/mol. The van der Waals surface area contributed by atoms with Gasteiger partial charge in [-0.15, -0.1) is 0 Å². The van der Waals surface area contributed by atoms with Gasteiger partial charge in [0.1, 0.15) is 4.90 Å². The minimum atomic E-state index is -3.95. The van der Waals surface area contributed by atoms with E-state index in [9.17, 15) is 8.42 Å². The molecule has 0 N–H and O–H groups in total. The fourth-order valence-corrected chi connectivity index (χ4v) is 4.60. The summed E-state index contributed by atoms with van der Waals surface area (Å²) in [6.45, 7) is 0. The first-order valence-corrected chi connectivity index (χ1v) is 9.30. The summed E-state index contributed by atoms with van der Waals surface area (Å²) in [6, 6.07) is 3.42. The summed E-state index contributed by atoms with van der Waals surface area (Å²) in [7, 11) is 1.62. The van der Waals surface area contributed by atoms with Gasteiger partial charge in [-0.05, 0) is 25.0 Å². The molecular weight excluding hydrogens is 333 g/mol. The second-order valence-electron chi connectivity index (χ2n) is 5.04. The van der Waals surface area contributed by atoms with Gasteiger partial charge in [-0.25, -0.2) is 13.1 Å². The molecule has 1 aliphatic rings. The zero-order valence-corrected chi connectivity index (χ0v) is 13.4. The molecule has 0 aromatic carbocycles. The first-order chi connectivity index (χ1) is 9.98. The van der Waals surface area contributed by atoms with Crippen LogP contribution in [-0.2, 0) is 9.05 Å². The average molecular weight is 346 g/mol. The van der Waals surface area contributed by atoms with Crippen LogP contribution in [0.4, 0.5) is 0 Å². The van der Waals surface area contributed by atoms with E-state index in [0.717, 1.165) is 25.7 Å². The van der Waals surface area contributed by atoms with Crippen LogP contribution in [0.25, 0.3) is 5.69 Å². The molecule has 0 radical (unpaired) electrons. The quantitative estimate of drug-likeness (QED) is 0.798. The lowest BCUT2D eigenvalue weighted by molar-refractivity contribution is 0.604. The number of rotatable bonds is 3. The SMILES string of the molecule is O=S(=O)(Cl)c1c(C2CCCC2)nn(-c2ccncc2)c1Cl. The van der Waals surface area contributed by atoms with Crippen molar-refractivity contribution in [1.82, 2.24) is 14.8 Å². The van der Waals surface area contributed by atoms with E-state index in [2.05, 4.69) is 10.1 Å². The van der Waals surface area contributed by atoms with Crippen LogP contribution < -0.4 is 0 Å². The fraction of sp³-hybridized carbons (Fsp3) is 0.385. The molecule has 1 fully saturated rings. The third-order valence-electron chi connectivity index (χ3n) is 3.71. The molecule has 0 spiro atoms. The molecule has 0 saturated heterocycles. The van der Waals surface area contributed by atoms with Gasteiger partial charge in [0.05, 0.1) is 11.4 Å². The van der Waals surface area contributed by atoms with E-state index in [1.54, 1.807) is 24.5 Å². The van der Waals surface area contributed by atoms with Crippen LogP contribution in [0.1, 0.15) is 37.3 Å². The summed E-state index contributed by atoms with van der Waals surface area (Å²) in [5, 5.41) is 4.45. The Morgan fingerprint density at radius 3 is 2.38 bits per heavy atom. The zero-order chi connectivity index (χ0) is 15.0. The molecule has 8 heteroatoms. The van der Waals surface area contributed by atoms with Gasteiger partial charge in [0.15, 0.2) is 5.15 Å². The van der Waals surface area contributed by atoms with E-state index in [1.165, 1.54) is 4.68 Å². The lowest BCUT2D eigenvalue weighted by Crippen LogP contribution is -2.01. The van der Waals surface area contributed by atoms with Crippen LogP contribution in [0.2, 0.25) is 5.15 Å². The van der Waals surface area contributed by atoms with E-state index in [0.29, 0.717) is 11.4 Å². The Bertz CT molecular complexity index is 753. The third-order valence-corrected chi connectivity index (χ3v) is 5.52. The van der Waals surface area contributed by atoms with E-state index in [1.807, 2.05) is 0 Å². The Hall–Kier alpha value is -1.11. The average Bonchev–Trinajstić information content (AvgIpc) is 3.05. The highest BCUT2D eigenvalue weighted by molar-refractivity contribution is 8.13. The fourth-order valence-electron chi connectivity index (χ4n) is 2.75. The minimum absolute atomic E-state index is 0.0260. The van der Waals surface area contributed by atoms with Gasteiger partial charge in [0.2, 0.25) is 0 Å². The summed E-state index contributed by atoms with van der Waals surface area (Å²) < 4.78 is 25.2. The van der Waals surface area contributed by atoms with Gasteiger partial charge in [0.25, 0.3) is 9.05 Å². The number of halogens is 2. The number of aromatic nitrogens is 3. The van der Waals surface area contributed by atoms with E-state index >= 15 is 0 Å². The van der Waals surface area contributed by atoms with Gasteiger partial charge in [-0.2, -0.15) is 5.10 Å². The zero-order valence-electron chi connectivity index (χ0n) is 11.0. The summed E-state index contributed by atoms with van der Waals surface area (Å²) in [4.78, 5) is 3.87. The second-order valence-corrected chi connectivity index (χ2v) is 7.90. The maximum atomic E-state index is 11.9. The van der Waals surface area contributed by atoms with Crippen LogP contribution in [0, 0.1) is 0 Å². The topological polar surface area (TPSA) is 64.8 Å². The smallest absolute Gasteiger partial charge is 0.265 e. The number of pyridine rings is 1. The summed E-state index contributed by atoms with van der Waals surface area (Å²) in [6.07, 6.45) is 7.12. The lowest BCUT2D eigenvalue weighted by atomic mass is 10.1. The molecule has 1 aliphatic carbocycles. The highest BCUT2D eigenvalue weighted by atomic mass is 35.7. The Kier molecular flexibility index (Phi) is 3.94. The molecule has 2 heterocycles. The Morgan fingerprint density at radius 2 is 1.81 bits per heavy atom. The first kappa shape index (κ1) is 14.8. The van der Waals surface area contributed by atoms with E-state index < -0.39 is 9.05 Å². The number of hydrogen-bond acceptors (Lipinski definition) is 4. The summed E-state index contributed by atoms with van der Waals surface area (Å²) in [5.41, 5.74) is 1.13. The van der Waals surface area contributed by atoms with Crippen molar-refractivity contribution in [1.29, 1.82) is 0 Å². The third kappa shape index (κ3) is 2.80. The maximum absolute atomic E-state index is 11.9. The van der Waals surface area contributed by atoms with Crippen molar-refractivity contribution in [2.75, 3.05) is 0 Å². The van der Waals surface area contributed by atoms with Crippen molar-refractivity contribution >= 4 is 31.3 Å². The van der Waals surface area contributed by atoms with Crippen LogP contribution in [0.15, 0.2) is 29.4 Å². The van der Waals surface area contributed by atoms with Crippen molar-refractivity contribution in [3.63, 3.8) is 0 Å². The molecule has 2 aromatic heterocycles. The molecule has 3 rings (SSSR count). The lowest BCUT2D eigenvalue weighted by Gasteiger charge is -2.06. The molecule has 2 aromatic rings.